The molecule has 0 saturated heterocycles. The summed E-state index contributed by atoms with van der Waals surface area (Å²) in [6.07, 6.45) is 0. The summed E-state index contributed by atoms with van der Waals surface area (Å²) in [4.78, 5) is 25.5. The molecule has 0 bridgehead atoms. The predicted octanol–water partition coefficient (Wildman–Crippen LogP) is 6.17. The highest BCUT2D eigenvalue weighted by Gasteiger charge is 2.14. The first-order chi connectivity index (χ1) is 15.1. The minimum atomic E-state index is -0.219. The predicted molar refractivity (Wildman–Crippen MR) is 125 cm³/mol. The van der Waals surface area contributed by atoms with Crippen LogP contribution in [0.1, 0.15) is 26.3 Å². The summed E-state index contributed by atoms with van der Waals surface area (Å²) in [7, 11) is 0. The molecule has 4 heteroatoms. The minimum Gasteiger partial charge on any atom is -0.322 e. The monoisotopic (exact) mass is 406 g/mol. The Morgan fingerprint density at radius 3 is 1.87 bits per heavy atom. The van der Waals surface area contributed by atoms with Gasteiger partial charge in [0.15, 0.2) is 0 Å². The number of hydrogen-bond acceptors (Lipinski definition) is 2. The highest BCUT2D eigenvalue weighted by atomic mass is 16.2. The van der Waals surface area contributed by atoms with E-state index in [1.807, 2.05) is 79.7 Å². The molecule has 0 heterocycles. The van der Waals surface area contributed by atoms with E-state index in [9.17, 15) is 9.59 Å². The van der Waals surface area contributed by atoms with Crippen LogP contribution in [0.25, 0.3) is 11.1 Å². The summed E-state index contributed by atoms with van der Waals surface area (Å²) in [5.41, 5.74) is 5.26. The molecule has 2 N–H and O–H groups in total. The van der Waals surface area contributed by atoms with Gasteiger partial charge < -0.3 is 10.6 Å². The van der Waals surface area contributed by atoms with E-state index in [2.05, 4.69) is 10.6 Å². The molecule has 0 aromatic heterocycles. The second-order valence-electron chi connectivity index (χ2n) is 7.20. The Hall–Kier alpha value is -4.18. The van der Waals surface area contributed by atoms with E-state index in [0.29, 0.717) is 22.4 Å². The van der Waals surface area contributed by atoms with Gasteiger partial charge in [-0.2, -0.15) is 0 Å². The third-order valence-corrected chi connectivity index (χ3v) is 5.11. The van der Waals surface area contributed by atoms with Gasteiger partial charge >= 0.3 is 0 Å². The molecule has 0 aliphatic carbocycles. The lowest BCUT2D eigenvalue weighted by atomic mass is 10.0. The normalized spacial score (nSPS) is 10.4. The van der Waals surface area contributed by atoms with Crippen molar-refractivity contribution in [3.8, 4) is 11.1 Å². The molecule has 0 fully saturated rings. The summed E-state index contributed by atoms with van der Waals surface area (Å²) in [6, 6.07) is 32.1. The molecule has 0 aliphatic heterocycles. The number of carbonyl (C=O) groups excluding carboxylic acids is 2. The molecule has 0 radical (unpaired) electrons. The first kappa shape index (κ1) is 20.1. The fourth-order valence-corrected chi connectivity index (χ4v) is 3.38. The van der Waals surface area contributed by atoms with E-state index < -0.39 is 0 Å². The van der Waals surface area contributed by atoms with Gasteiger partial charge in [-0.25, -0.2) is 0 Å². The zero-order valence-electron chi connectivity index (χ0n) is 17.1. The van der Waals surface area contributed by atoms with E-state index >= 15 is 0 Å². The van der Waals surface area contributed by atoms with Crippen LogP contribution >= 0.6 is 0 Å². The van der Waals surface area contributed by atoms with Gasteiger partial charge in [-0.15, -0.1) is 0 Å². The van der Waals surface area contributed by atoms with Gasteiger partial charge in [0.05, 0.1) is 0 Å². The Kier molecular flexibility index (Phi) is 5.90. The summed E-state index contributed by atoms with van der Waals surface area (Å²) in [6.45, 7) is 1.83. The van der Waals surface area contributed by atoms with Crippen molar-refractivity contribution in [3.05, 3.63) is 120 Å². The lowest BCUT2D eigenvalue weighted by Crippen LogP contribution is -2.17. The number of carbonyl (C=O) groups is 2. The van der Waals surface area contributed by atoms with Crippen LogP contribution in [0, 0.1) is 6.92 Å². The largest absolute Gasteiger partial charge is 0.322 e. The number of hydrogen-bond donors (Lipinski definition) is 2. The molecule has 0 aliphatic rings. The van der Waals surface area contributed by atoms with Crippen molar-refractivity contribution >= 4 is 23.2 Å². The number of nitrogens with one attached hydrogen (secondary N) is 2. The van der Waals surface area contributed by atoms with Crippen LogP contribution in [-0.2, 0) is 0 Å². The SMILES string of the molecule is Cc1c(NC(=O)c2ccc(-c3ccccc3)cc2)cccc1C(=O)Nc1ccccc1. The van der Waals surface area contributed by atoms with Crippen LogP contribution in [0.15, 0.2) is 103 Å². The third kappa shape index (κ3) is 4.70. The smallest absolute Gasteiger partial charge is 0.256 e. The fraction of sp³-hybridized carbons (Fsp3) is 0.0370. The summed E-state index contributed by atoms with van der Waals surface area (Å²) in [5, 5.41) is 5.81. The maximum Gasteiger partial charge on any atom is 0.256 e. The second-order valence-corrected chi connectivity index (χ2v) is 7.20. The topological polar surface area (TPSA) is 58.2 Å². The van der Waals surface area contributed by atoms with Crippen molar-refractivity contribution in [2.45, 2.75) is 6.92 Å². The number of amides is 2. The second kappa shape index (κ2) is 9.09. The molecular formula is C27H22N2O2. The van der Waals surface area contributed by atoms with E-state index in [4.69, 9.17) is 0 Å². The molecule has 0 spiro atoms. The first-order valence-corrected chi connectivity index (χ1v) is 10.0. The maximum atomic E-state index is 12.8. The van der Waals surface area contributed by atoms with Crippen LogP contribution in [0.5, 0.6) is 0 Å². The quantitative estimate of drug-likeness (QED) is 0.417. The van der Waals surface area contributed by atoms with Gasteiger partial charge in [0, 0.05) is 22.5 Å². The van der Waals surface area contributed by atoms with Crippen LogP contribution in [0.2, 0.25) is 0 Å². The molecule has 0 atom stereocenters. The van der Waals surface area contributed by atoms with E-state index in [0.717, 1.165) is 16.8 Å². The molecule has 4 aromatic rings. The highest BCUT2D eigenvalue weighted by molar-refractivity contribution is 6.08. The van der Waals surface area contributed by atoms with Gasteiger partial charge in [0.25, 0.3) is 11.8 Å². The minimum absolute atomic E-state index is 0.216. The number of para-hydroxylation sites is 1. The zero-order valence-corrected chi connectivity index (χ0v) is 17.1. The Bertz CT molecular complexity index is 1200. The average molecular weight is 406 g/mol. The van der Waals surface area contributed by atoms with Crippen molar-refractivity contribution in [1.29, 1.82) is 0 Å². The van der Waals surface area contributed by atoms with E-state index in [-0.39, 0.29) is 11.8 Å². The third-order valence-electron chi connectivity index (χ3n) is 5.11. The van der Waals surface area contributed by atoms with Crippen LogP contribution in [0.4, 0.5) is 11.4 Å². The number of benzene rings is 4. The molecule has 2 amide bonds. The molecule has 31 heavy (non-hydrogen) atoms. The standard InChI is InChI=1S/C27H22N2O2/c1-19-24(27(31)28-23-11-6-3-7-12-23)13-8-14-25(19)29-26(30)22-17-15-21(16-18-22)20-9-4-2-5-10-20/h2-18H,1H3,(H,28,31)(H,29,30). The maximum absolute atomic E-state index is 12.8. The summed E-state index contributed by atoms with van der Waals surface area (Å²) < 4.78 is 0. The highest BCUT2D eigenvalue weighted by Crippen LogP contribution is 2.23. The number of rotatable bonds is 5. The Balaban J connectivity index is 1.49. The summed E-state index contributed by atoms with van der Waals surface area (Å²) >= 11 is 0. The fourth-order valence-electron chi connectivity index (χ4n) is 3.38. The van der Waals surface area contributed by atoms with Crippen molar-refractivity contribution < 1.29 is 9.59 Å². The Morgan fingerprint density at radius 2 is 1.19 bits per heavy atom. The lowest BCUT2D eigenvalue weighted by molar-refractivity contribution is 0.101. The van der Waals surface area contributed by atoms with Crippen molar-refractivity contribution in [2.24, 2.45) is 0 Å². The van der Waals surface area contributed by atoms with E-state index in [1.165, 1.54) is 0 Å². The molecule has 152 valence electrons. The van der Waals surface area contributed by atoms with Gasteiger partial charge in [-0.3, -0.25) is 9.59 Å². The molecule has 4 nitrogen and oxygen atoms in total. The van der Waals surface area contributed by atoms with Crippen molar-refractivity contribution in [3.63, 3.8) is 0 Å². The van der Waals surface area contributed by atoms with Gasteiger partial charge in [0.2, 0.25) is 0 Å². The zero-order chi connectivity index (χ0) is 21.6. The summed E-state index contributed by atoms with van der Waals surface area (Å²) in [5.74, 6) is -0.435. The van der Waals surface area contributed by atoms with Crippen LogP contribution in [0.3, 0.4) is 0 Å². The Labute approximate surface area is 181 Å². The van der Waals surface area contributed by atoms with Crippen LogP contribution < -0.4 is 10.6 Å². The van der Waals surface area contributed by atoms with Crippen molar-refractivity contribution in [2.75, 3.05) is 10.6 Å². The lowest BCUT2D eigenvalue weighted by Gasteiger charge is -2.13. The van der Waals surface area contributed by atoms with Gasteiger partial charge in [-0.05, 0) is 60.0 Å². The van der Waals surface area contributed by atoms with Gasteiger partial charge in [-0.1, -0.05) is 66.7 Å². The van der Waals surface area contributed by atoms with Crippen LogP contribution in [-0.4, -0.2) is 11.8 Å². The first-order valence-electron chi connectivity index (χ1n) is 10.0. The average Bonchev–Trinajstić information content (AvgIpc) is 2.81. The Morgan fingerprint density at radius 1 is 0.581 bits per heavy atom. The molecular weight excluding hydrogens is 384 g/mol. The van der Waals surface area contributed by atoms with Gasteiger partial charge in [0.1, 0.15) is 0 Å². The van der Waals surface area contributed by atoms with E-state index in [1.54, 1.807) is 30.3 Å². The molecule has 4 rings (SSSR count). The number of anilines is 2. The van der Waals surface area contributed by atoms with Crippen molar-refractivity contribution in [1.82, 2.24) is 0 Å². The molecule has 0 saturated carbocycles. The molecule has 4 aromatic carbocycles. The molecule has 0 unspecified atom stereocenters.